The van der Waals surface area contributed by atoms with Crippen LogP contribution in [0.4, 0.5) is 0 Å². The second-order valence-electron chi connectivity index (χ2n) is 4.23. The quantitative estimate of drug-likeness (QED) is 0.856. The highest BCUT2D eigenvalue weighted by atomic mass is 16.4. The van der Waals surface area contributed by atoms with Gasteiger partial charge in [-0.1, -0.05) is 24.3 Å². The summed E-state index contributed by atoms with van der Waals surface area (Å²) in [6.07, 6.45) is 1.71. The van der Waals surface area contributed by atoms with Crippen LogP contribution in [0, 0.1) is 12.3 Å². The molecule has 0 amide bonds. The normalized spacial score (nSPS) is 14.2. The number of amidine groups is 1. The van der Waals surface area contributed by atoms with Gasteiger partial charge in [-0.2, -0.15) is 0 Å². The molecule has 0 radical (unpaired) electrons. The lowest BCUT2D eigenvalue weighted by Crippen LogP contribution is -2.23. The minimum atomic E-state index is 0.552. The molecule has 1 N–H and O–H groups in total. The molecular weight excluding hydrogens is 214 g/mol. The molecule has 2 heterocycles. The fraction of sp³-hybridized carbons (Fsp3) is 0.231. The fourth-order valence-electron chi connectivity index (χ4n) is 2.12. The van der Waals surface area contributed by atoms with E-state index in [9.17, 15) is 0 Å². The van der Waals surface area contributed by atoms with Crippen LogP contribution in [0.25, 0.3) is 0 Å². The van der Waals surface area contributed by atoms with Crippen LogP contribution in [-0.4, -0.2) is 15.7 Å². The van der Waals surface area contributed by atoms with Gasteiger partial charge in [0.1, 0.15) is 11.6 Å². The molecule has 1 aromatic heterocycles. The molecule has 17 heavy (non-hydrogen) atoms. The molecule has 1 aromatic carbocycles. The van der Waals surface area contributed by atoms with Gasteiger partial charge < -0.3 is 9.32 Å². The van der Waals surface area contributed by atoms with Crippen molar-refractivity contribution in [2.75, 3.05) is 0 Å². The predicted octanol–water partition coefficient (Wildman–Crippen LogP) is 2.32. The molecule has 1 aliphatic heterocycles. The fourth-order valence-corrected chi connectivity index (χ4v) is 2.12. The van der Waals surface area contributed by atoms with E-state index >= 15 is 0 Å². The molecule has 0 atom stereocenters. The van der Waals surface area contributed by atoms with Crippen LogP contribution < -0.4 is 0 Å². The van der Waals surface area contributed by atoms with Gasteiger partial charge in [0.05, 0.1) is 12.7 Å². The maximum atomic E-state index is 8.10. The van der Waals surface area contributed by atoms with Gasteiger partial charge in [-0.25, -0.2) is 4.98 Å². The van der Waals surface area contributed by atoms with E-state index in [-0.39, 0.29) is 0 Å². The number of nitrogens with one attached hydrogen (secondary N) is 1. The van der Waals surface area contributed by atoms with Crippen molar-refractivity contribution in [3.05, 3.63) is 53.2 Å². The molecule has 2 aromatic rings. The minimum absolute atomic E-state index is 0.552. The summed E-state index contributed by atoms with van der Waals surface area (Å²) < 4.78 is 5.44. The Balaban J connectivity index is 1.82. The van der Waals surface area contributed by atoms with Gasteiger partial charge >= 0.3 is 0 Å². The van der Waals surface area contributed by atoms with Crippen molar-refractivity contribution in [2.24, 2.45) is 0 Å². The Labute approximate surface area is 99.4 Å². The van der Waals surface area contributed by atoms with Gasteiger partial charge in [0.15, 0.2) is 0 Å². The molecule has 0 aliphatic carbocycles. The van der Waals surface area contributed by atoms with E-state index in [2.05, 4.69) is 11.1 Å². The molecule has 0 saturated carbocycles. The van der Waals surface area contributed by atoms with Crippen LogP contribution in [0.1, 0.15) is 22.8 Å². The van der Waals surface area contributed by atoms with Crippen LogP contribution in [0.2, 0.25) is 0 Å². The molecule has 0 unspecified atom stereocenters. The average molecular weight is 227 g/mol. The Kier molecular flexibility index (Phi) is 2.21. The number of hydrogen-bond donors (Lipinski definition) is 1. The summed E-state index contributed by atoms with van der Waals surface area (Å²) in [5.74, 6) is 2.03. The first kappa shape index (κ1) is 10.1. The lowest BCUT2D eigenvalue weighted by Gasteiger charge is -2.15. The first-order chi connectivity index (χ1) is 8.24. The number of oxazole rings is 1. The Morgan fingerprint density at radius 1 is 1.41 bits per heavy atom. The van der Waals surface area contributed by atoms with Crippen molar-refractivity contribution in [1.29, 1.82) is 5.41 Å². The highest BCUT2D eigenvalue weighted by Crippen LogP contribution is 2.23. The van der Waals surface area contributed by atoms with Gasteiger partial charge in [0.2, 0.25) is 5.89 Å². The van der Waals surface area contributed by atoms with Gasteiger partial charge in [-0.05, 0) is 12.5 Å². The first-order valence-corrected chi connectivity index (χ1v) is 5.57. The van der Waals surface area contributed by atoms with Gasteiger partial charge in [0, 0.05) is 12.1 Å². The third-order valence-corrected chi connectivity index (χ3v) is 2.95. The third-order valence-electron chi connectivity index (χ3n) is 2.95. The van der Waals surface area contributed by atoms with E-state index in [1.165, 1.54) is 5.56 Å². The maximum Gasteiger partial charge on any atom is 0.213 e. The summed E-state index contributed by atoms with van der Waals surface area (Å²) in [6, 6.07) is 8.01. The SMILES string of the molecule is Cc1cnc(CN2Cc3ccccc3C2=N)o1. The summed E-state index contributed by atoms with van der Waals surface area (Å²) in [6.45, 7) is 3.19. The summed E-state index contributed by atoms with van der Waals surface area (Å²) >= 11 is 0. The van der Waals surface area contributed by atoms with E-state index < -0.39 is 0 Å². The smallest absolute Gasteiger partial charge is 0.213 e. The van der Waals surface area contributed by atoms with E-state index in [0.29, 0.717) is 18.3 Å². The largest absolute Gasteiger partial charge is 0.444 e. The summed E-state index contributed by atoms with van der Waals surface area (Å²) in [5, 5.41) is 8.10. The molecule has 1 aliphatic rings. The van der Waals surface area contributed by atoms with Crippen molar-refractivity contribution >= 4 is 5.84 Å². The van der Waals surface area contributed by atoms with Crippen molar-refractivity contribution < 1.29 is 4.42 Å². The molecule has 0 spiro atoms. The predicted molar refractivity (Wildman–Crippen MR) is 63.8 cm³/mol. The van der Waals surface area contributed by atoms with E-state index in [4.69, 9.17) is 9.83 Å². The molecule has 4 heteroatoms. The van der Waals surface area contributed by atoms with Gasteiger partial charge in [-0.15, -0.1) is 0 Å². The number of benzene rings is 1. The average Bonchev–Trinajstić information content (AvgIpc) is 2.86. The first-order valence-electron chi connectivity index (χ1n) is 5.57. The zero-order valence-electron chi connectivity index (χ0n) is 9.60. The standard InChI is InChI=1S/C13H13N3O/c1-9-6-15-12(17-9)8-16-7-10-4-2-3-5-11(10)13(16)14/h2-6,14H,7-8H2,1H3. The molecule has 0 fully saturated rings. The highest BCUT2D eigenvalue weighted by Gasteiger charge is 2.24. The minimum Gasteiger partial charge on any atom is -0.444 e. The lowest BCUT2D eigenvalue weighted by molar-refractivity contribution is 0.350. The van der Waals surface area contributed by atoms with Crippen molar-refractivity contribution in [1.82, 2.24) is 9.88 Å². The van der Waals surface area contributed by atoms with Gasteiger partial charge in [0.25, 0.3) is 0 Å². The Hall–Kier alpha value is -2.10. The van der Waals surface area contributed by atoms with E-state index in [1.54, 1.807) is 6.20 Å². The van der Waals surface area contributed by atoms with Crippen molar-refractivity contribution in [2.45, 2.75) is 20.0 Å². The van der Waals surface area contributed by atoms with E-state index in [0.717, 1.165) is 17.9 Å². The van der Waals surface area contributed by atoms with E-state index in [1.807, 2.05) is 30.0 Å². The summed E-state index contributed by atoms with van der Waals surface area (Å²) in [7, 11) is 0. The van der Waals surface area contributed by atoms with Crippen LogP contribution in [0.15, 0.2) is 34.9 Å². The molecule has 0 bridgehead atoms. The zero-order valence-corrected chi connectivity index (χ0v) is 9.60. The topological polar surface area (TPSA) is 53.1 Å². The second kappa shape index (κ2) is 3.73. The van der Waals surface area contributed by atoms with Gasteiger partial charge in [-0.3, -0.25) is 5.41 Å². The molecule has 3 rings (SSSR count). The van der Waals surface area contributed by atoms with Crippen molar-refractivity contribution in [3.63, 3.8) is 0 Å². The number of aryl methyl sites for hydroxylation is 1. The van der Waals surface area contributed by atoms with Crippen molar-refractivity contribution in [3.8, 4) is 0 Å². The summed E-state index contributed by atoms with van der Waals surface area (Å²) in [4.78, 5) is 6.14. The van der Waals surface area contributed by atoms with Crippen LogP contribution in [-0.2, 0) is 13.1 Å². The van der Waals surface area contributed by atoms with Crippen LogP contribution in [0.5, 0.6) is 0 Å². The number of fused-ring (bicyclic) bond motifs is 1. The monoisotopic (exact) mass is 227 g/mol. The second-order valence-corrected chi connectivity index (χ2v) is 4.23. The highest BCUT2D eigenvalue weighted by molar-refractivity contribution is 6.00. The molecule has 86 valence electrons. The van der Waals surface area contributed by atoms with Crippen LogP contribution >= 0.6 is 0 Å². The molecular formula is C13H13N3O. The Bertz CT molecular complexity index is 574. The molecule has 0 saturated heterocycles. The lowest BCUT2D eigenvalue weighted by atomic mass is 10.1. The number of hydrogen-bond acceptors (Lipinski definition) is 3. The zero-order chi connectivity index (χ0) is 11.8. The maximum absolute atomic E-state index is 8.10. The number of aromatic nitrogens is 1. The van der Waals surface area contributed by atoms with Crippen LogP contribution in [0.3, 0.4) is 0 Å². The third kappa shape index (κ3) is 1.71. The Morgan fingerprint density at radius 3 is 2.94 bits per heavy atom. The molecule has 4 nitrogen and oxygen atoms in total. The summed E-state index contributed by atoms with van der Waals surface area (Å²) in [5.41, 5.74) is 2.21. The number of rotatable bonds is 2. The number of nitrogens with zero attached hydrogens (tertiary/aromatic N) is 2. The Morgan fingerprint density at radius 2 is 2.24 bits per heavy atom.